The minimum atomic E-state index is -0.765. The normalized spacial score (nSPS) is 16.6. The number of anilines is 1. The number of nitrogens with one attached hydrogen (secondary N) is 1. The van der Waals surface area contributed by atoms with Crippen LogP contribution >= 0.6 is 0 Å². The van der Waals surface area contributed by atoms with E-state index in [1.165, 1.54) is 0 Å². The van der Waals surface area contributed by atoms with Gasteiger partial charge in [0, 0.05) is 50.7 Å². The minimum Gasteiger partial charge on any atom is -0.483 e. The summed E-state index contributed by atoms with van der Waals surface area (Å²) in [5.74, 6) is 0.670. The van der Waals surface area contributed by atoms with Crippen LogP contribution in [0.5, 0.6) is 0 Å². The Labute approximate surface area is 190 Å². The van der Waals surface area contributed by atoms with Crippen molar-refractivity contribution in [2.45, 2.75) is 31.2 Å². The predicted molar refractivity (Wildman–Crippen MR) is 117 cm³/mol. The van der Waals surface area contributed by atoms with Crippen molar-refractivity contribution >= 4 is 30.6 Å². The number of aryl methyl sites for hydroxylation is 1. The van der Waals surface area contributed by atoms with E-state index in [9.17, 15) is 9.59 Å². The van der Waals surface area contributed by atoms with Gasteiger partial charge >= 0.3 is 0 Å². The molecule has 0 unspecified atom stereocenters. The first-order valence-corrected chi connectivity index (χ1v) is 10.3. The van der Waals surface area contributed by atoms with Gasteiger partial charge in [-0.2, -0.15) is 5.10 Å². The largest absolute Gasteiger partial charge is 0.483 e. The van der Waals surface area contributed by atoms with Crippen molar-refractivity contribution in [1.29, 1.82) is 0 Å². The van der Waals surface area contributed by atoms with Crippen molar-refractivity contribution < 1.29 is 29.4 Å². The summed E-state index contributed by atoms with van der Waals surface area (Å²) in [7, 11) is 1.81. The number of hydrogen-bond donors (Lipinski definition) is 3. The smallest absolute Gasteiger partial charge is 0.290 e. The molecular formula is C21H28N6O6. The summed E-state index contributed by atoms with van der Waals surface area (Å²) in [5.41, 5.74) is -0.765. The van der Waals surface area contributed by atoms with Crippen LogP contribution in [0.4, 0.5) is 5.82 Å². The number of piperidine rings is 1. The molecule has 4 rings (SSSR count). The summed E-state index contributed by atoms with van der Waals surface area (Å²) in [6.07, 6.45) is 13.8. The van der Waals surface area contributed by atoms with Crippen LogP contribution in [-0.2, 0) is 31.8 Å². The van der Waals surface area contributed by atoms with Crippen molar-refractivity contribution in [1.82, 2.24) is 24.2 Å². The first-order chi connectivity index (χ1) is 15.9. The molecule has 12 nitrogen and oxygen atoms in total. The third-order valence-corrected chi connectivity index (χ3v) is 5.64. The Hall–Kier alpha value is -3.96. The lowest BCUT2D eigenvalue weighted by Gasteiger charge is -2.41. The summed E-state index contributed by atoms with van der Waals surface area (Å²) in [4.78, 5) is 48.7. The first-order valence-electron chi connectivity index (χ1n) is 10.3. The number of amides is 2. The molecule has 1 aliphatic heterocycles. The molecule has 0 atom stereocenters. The Morgan fingerprint density at radius 1 is 1.12 bits per heavy atom. The van der Waals surface area contributed by atoms with Crippen LogP contribution in [0.1, 0.15) is 25.7 Å². The number of rotatable bonds is 4. The quantitative estimate of drug-likeness (QED) is 0.449. The SMILES string of the molecule is Cn1ccc(NC(=O)C2(n3ccnc3)CCN(C(=O)C3CC=CC3)CC2)n1.O=CO.O=CO. The molecule has 1 saturated heterocycles. The maximum atomic E-state index is 13.2. The van der Waals surface area contributed by atoms with E-state index in [-0.39, 0.29) is 30.7 Å². The van der Waals surface area contributed by atoms with Crippen LogP contribution < -0.4 is 5.32 Å². The number of hydrogen-bond acceptors (Lipinski definition) is 6. The number of carbonyl (C=O) groups is 4. The average molecular weight is 460 g/mol. The average Bonchev–Trinajstić information content (AvgIpc) is 3.58. The van der Waals surface area contributed by atoms with Crippen LogP contribution in [0.15, 0.2) is 43.1 Å². The Bertz CT molecular complexity index is 932. The maximum absolute atomic E-state index is 13.2. The highest BCUT2D eigenvalue weighted by molar-refractivity contribution is 5.96. The molecule has 2 aromatic rings. The molecule has 1 aliphatic carbocycles. The van der Waals surface area contributed by atoms with Gasteiger partial charge in [0.05, 0.1) is 6.33 Å². The Kier molecular flexibility index (Phi) is 9.33. The summed E-state index contributed by atoms with van der Waals surface area (Å²) in [5, 5.41) is 20.9. The number of allylic oxidation sites excluding steroid dienone is 2. The molecule has 33 heavy (non-hydrogen) atoms. The maximum Gasteiger partial charge on any atom is 0.290 e. The predicted octanol–water partition coefficient (Wildman–Crippen LogP) is 0.941. The molecule has 3 N–H and O–H groups in total. The topological polar surface area (TPSA) is 160 Å². The van der Waals surface area contributed by atoms with E-state index >= 15 is 0 Å². The number of likely N-dealkylation sites (tertiary alicyclic amines) is 1. The standard InChI is InChI=1S/C19H24N6O2.2CH2O2/c1-23-10-6-16(22-23)21-18(27)19(25-13-9-20-14-25)7-11-24(12-8-19)17(26)15-4-2-3-5-15;2*2-1-3/h2-3,6,9-10,13-15H,4-5,7-8,11-12H2,1H3,(H,21,22,27);2*1H,(H,2,3). The number of nitrogens with zero attached hydrogens (tertiary/aromatic N) is 5. The lowest BCUT2D eigenvalue weighted by molar-refractivity contribution is -0.140. The van der Waals surface area contributed by atoms with Crippen LogP contribution in [0.3, 0.4) is 0 Å². The van der Waals surface area contributed by atoms with Gasteiger partial charge in [0.1, 0.15) is 5.54 Å². The van der Waals surface area contributed by atoms with Gasteiger partial charge in [0.25, 0.3) is 18.9 Å². The van der Waals surface area contributed by atoms with Crippen molar-refractivity contribution in [3.8, 4) is 0 Å². The highest BCUT2D eigenvalue weighted by atomic mass is 16.3. The van der Waals surface area contributed by atoms with Crippen LogP contribution in [0.25, 0.3) is 0 Å². The van der Waals surface area contributed by atoms with E-state index in [0.717, 1.165) is 12.8 Å². The molecule has 0 bridgehead atoms. The second-order valence-electron chi connectivity index (χ2n) is 7.51. The van der Waals surface area contributed by atoms with Gasteiger partial charge in [-0.15, -0.1) is 0 Å². The highest BCUT2D eigenvalue weighted by Gasteiger charge is 2.44. The fourth-order valence-corrected chi connectivity index (χ4v) is 4.00. The van der Waals surface area contributed by atoms with Gasteiger partial charge in [0.15, 0.2) is 5.82 Å². The fraction of sp³-hybridized carbons (Fsp3) is 0.429. The lowest BCUT2D eigenvalue weighted by Crippen LogP contribution is -2.54. The number of carbonyl (C=O) groups excluding carboxylic acids is 2. The second-order valence-corrected chi connectivity index (χ2v) is 7.51. The van der Waals surface area contributed by atoms with E-state index in [2.05, 4.69) is 27.6 Å². The molecule has 12 heteroatoms. The van der Waals surface area contributed by atoms with Gasteiger partial charge in [-0.3, -0.25) is 23.9 Å². The van der Waals surface area contributed by atoms with Crippen LogP contribution in [-0.4, -0.2) is 72.3 Å². The summed E-state index contributed by atoms with van der Waals surface area (Å²) in [6.45, 7) is 0.617. The summed E-state index contributed by atoms with van der Waals surface area (Å²) in [6, 6.07) is 1.77. The molecule has 2 amide bonds. The lowest BCUT2D eigenvalue weighted by atomic mass is 9.85. The van der Waals surface area contributed by atoms with Gasteiger partial charge in [-0.1, -0.05) is 12.2 Å². The van der Waals surface area contributed by atoms with Crippen molar-refractivity contribution in [3.05, 3.63) is 43.1 Å². The van der Waals surface area contributed by atoms with E-state index in [0.29, 0.717) is 31.7 Å². The minimum absolute atomic E-state index is 0.0630. The third-order valence-electron chi connectivity index (χ3n) is 5.64. The van der Waals surface area contributed by atoms with Crippen molar-refractivity contribution in [2.75, 3.05) is 18.4 Å². The Balaban J connectivity index is 0.000000582. The van der Waals surface area contributed by atoms with Crippen LogP contribution in [0.2, 0.25) is 0 Å². The zero-order valence-electron chi connectivity index (χ0n) is 18.3. The van der Waals surface area contributed by atoms with Gasteiger partial charge in [-0.25, -0.2) is 4.98 Å². The number of carboxylic acid groups (broad SMARTS) is 2. The molecule has 0 aromatic carbocycles. The molecule has 0 saturated carbocycles. The van der Waals surface area contributed by atoms with E-state index < -0.39 is 5.54 Å². The van der Waals surface area contributed by atoms with Gasteiger partial charge in [-0.05, 0) is 25.7 Å². The molecule has 2 aliphatic rings. The van der Waals surface area contributed by atoms with E-state index in [1.54, 1.807) is 29.5 Å². The molecular weight excluding hydrogens is 432 g/mol. The first kappa shape index (κ1) is 25.3. The molecule has 0 radical (unpaired) electrons. The molecule has 2 aromatic heterocycles. The zero-order chi connectivity index (χ0) is 24.3. The van der Waals surface area contributed by atoms with Crippen LogP contribution in [0, 0.1) is 5.92 Å². The highest BCUT2D eigenvalue weighted by Crippen LogP contribution is 2.33. The number of aromatic nitrogens is 4. The van der Waals surface area contributed by atoms with Crippen molar-refractivity contribution in [2.24, 2.45) is 13.0 Å². The molecule has 1 fully saturated rings. The summed E-state index contributed by atoms with van der Waals surface area (Å²) >= 11 is 0. The third kappa shape index (κ3) is 6.28. The zero-order valence-corrected chi connectivity index (χ0v) is 18.3. The fourth-order valence-electron chi connectivity index (χ4n) is 4.00. The van der Waals surface area contributed by atoms with Gasteiger partial charge < -0.3 is 25.0 Å². The molecule has 3 heterocycles. The second kappa shape index (κ2) is 12.2. The Morgan fingerprint density at radius 2 is 1.73 bits per heavy atom. The van der Waals surface area contributed by atoms with E-state index in [1.807, 2.05) is 22.7 Å². The monoisotopic (exact) mass is 460 g/mol. The Morgan fingerprint density at radius 3 is 2.21 bits per heavy atom. The number of imidazole rings is 1. The van der Waals surface area contributed by atoms with Crippen molar-refractivity contribution in [3.63, 3.8) is 0 Å². The summed E-state index contributed by atoms with van der Waals surface area (Å²) < 4.78 is 3.51. The molecule has 0 spiro atoms. The van der Waals surface area contributed by atoms with E-state index in [4.69, 9.17) is 19.8 Å². The molecule has 178 valence electrons. The van der Waals surface area contributed by atoms with Gasteiger partial charge in [0.2, 0.25) is 5.91 Å².